The summed E-state index contributed by atoms with van der Waals surface area (Å²) in [7, 11) is 2.97. The number of aryl methyl sites for hydroxylation is 1. The number of aromatic nitrogens is 4. The molecule has 0 saturated carbocycles. The topological polar surface area (TPSA) is 98.9 Å². The molecular formula is C20H17N5O3S2. The van der Waals surface area contributed by atoms with E-state index in [4.69, 9.17) is 0 Å². The summed E-state index contributed by atoms with van der Waals surface area (Å²) in [6.45, 7) is 0. The van der Waals surface area contributed by atoms with Crippen LogP contribution in [0, 0.1) is 0 Å². The van der Waals surface area contributed by atoms with Gasteiger partial charge in [0.1, 0.15) is 10.4 Å². The Morgan fingerprint density at radius 1 is 1.07 bits per heavy atom. The quantitative estimate of drug-likeness (QED) is 0.379. The fourth-order valence-corrected chi connectivity index (χ4v) is 4.37. The minimum absolute atomic E-state index is 0.0525. The van der Waals surface area contributed by atoms with E-state index in [-0.39, 0.29) is 22.7 Å². The molecule has 10 heteroatoms. The molecule has 0 saturated heterocycles. The second-order valence-corrected chi connectivity index (χ2v) is 8.35. The third kappa shape index (κ3) is 3.79. The molecular weight excluding hydrogens is 422 g/mol. The molecule has 4 rings (SSSR count). The molecule has 152 valence electrons. The van der Waals surface area contributed by atoms with Gasteiger partial charge in [0.25, 0.3) is 5.56 Å². The summed E-state index contributed by atoms with van der Waals surface area (Å²) >= 11 is 2.59. The highest BCUT2D eigenvalue weighted by Gasteiger charge is 2.19. The van der Waals surface area contributed by atoms with Gasteiger partial charge in [-0.15, -0.1) is 11.3 Å². The van der Waals surface area contributed by atoms with E-state index in [2.05, 4.69) is 15.3 Å². The average Bonchev–Trinajstić information content (AvgIpc) is 3.30. The second-order valence-electron chi connectivity index (χ2n) is 6.44. The Balaban J connectivity index is 1.76. The van der Waals surface area contributed by atoms with Crippen LogP contribution in [0.15, 0.2) is 62.5 Å². The molecule has 0 fully saturated rings. The number of thioether (sulfide) groups is 1. The monoisotopic (exact) mass is 439 g/mol. The van der Waals surface area contributed by atoms with Gasteiger partial charge in [-0.05, 0) is 23.6 Å². The fraction of sp³-hybridized carbons (Fsp3) is 0.150. The minimum atomic E-state index is -0.489. The van der Waals surface area contributed by atoms with Crippen molar-refractivity contribution in [2.24, 2.45) is 14.1 Å². The van der Waals surface area contributed by atoms with Crippen molar-refractivity contribution in [1.82, 2.24) is 19.1 Å². The molecule has 0 bridgehead atoms. The number of carbonyl (C=O) groups excluding carboxylic acids is 1. The van der Waals surface area contributed by atoms with E-state index in [1.54, 1.807) is 19.2 Å². The first-order valence-electron chi connectivity index (χ1n) is 8.95. The molecule has 3 heterocycles. The molecule has 0 aliphatic rings. The molecule has 0 unspecified atom stereocenters. The van der Waals surface area contributed by atoms with Gasteiger partial charge in [0.2, 0.25) is 5.91 Å². The molecule has 8 nitrogen and oxygen atoms in total. The summed E-state index contributed by atoms with van der Waals surface area (Å²) in [6, 6.07) is 12.9. The van der Waals surface area contributed by atoms with Gasteiger partial charge in [-0.3, -0.25) is 18.7 Å². The predicted octanol–water partition coefficient (Wildman–Crippen LogP) is 2.49. The first kappa shape index (κ1) is 20.0. The Bertz CT molecular complexity index is 1350. The third-order valence-electron chi connectivity index (χ3n) is 4.41. The summed E-state index contributed by atoms with van der Waals surface area (Å²) in [5.41, 5.74) is -0.0291. The molecule has 0 aliphatic heterocycles. The van der Waals surface area contributed by atoms with E-state index in [9.17, 15) is 14.4 Å². The van der Waals surface area contributed by atoms with Gasteiger partial charge in [-0.1, -0.05) is 36.0 Å². The summed E-state index contributed by atoms with van der Waals surface area (Å²) in [4.78, 5) is 47.4. The number of fused-ring (bicyclic) bond motifs is 1. The predicted molar refractivity (Wildman–Crippen MR) is 119 cm³/mol. The zero-order chi connectivity index (χ0) is 21.3. The van der Waals surface area contributed by atoms with Gasteiger partial charge in [0.15, 0.2) is 11.5 Å². The van der Waals surface area contributed by atoms with Crippen molar-refractivity contribution in [3.63, 3.8) is 0 Å². The van der Waals surface area contributed by atoms with Crippen molar-refractivity contribution in [3.8, 4) is 10.7 Å². The van der Waals surface area contributed by atoms with Crippen LogP contribution in [-0.2, 0) is 18.9 Å². The molecule has 0 atom stereocenters. The van der Waals surface area contributed by atoms with Gasteiger partial charge in [0.05, 0.1) is 10.6 Å². The van der Waals surface area contributed by atoms with Crippen LogP contribution in [0.3, 0.4) is 0 Å². The van der Waals surface area contributed by atoms with E-state index in [1.165, 1.54) is 23.0 Å². The molecule has 0 aliphatic carbocycles. The molecule has 1 amide bonds. The number of rotatable bonds is 5. The third-order valence-corrected chi connectivity index (χ3v) is 6.25. The van der Waals surface area contributed by atoms with Crippen LogP contribution in [0.25, 0.3) is 21.7 Å². The van der Waals surface area contributed by atoms with Gasteiger partial charge in [0, 0.05) is 19.8 Å². The van der Waals surface area contributed by atoms with Crippen LogP contribution in [0.4, 0.5) is 5.69 Å². The van der Waals surface area contributed by atoms with Crippen molar-refractivity contribution in [1.29, 1.82) is 0 Å². The smallest absolute Gasteiger partial charge is 0.325 e. The zero-order valence-corrected chi connectivity index (χ0v) is 17.8. The van der Waals surface area contributed by atoms with Crippen LogP contribution in [0.1, 0.15) is 0 Å². The van der Waals surface area contributed by atoms with E-state index in [0.29, 0.717) is 16.5 Å². The number of nitrogens with one attached hydrogen (secondary N) is 1. The summed E-state index contributed by atoms with van der Waals surface area (Å²) in [6.07, 6.45) is 0. The molecule has 1 aromatic carbocycles. The Kier molecular flexibility index (Phi) is 5.51. The number of anilines is 1. The summed E-state index contributed by atoms with van der Waals surface area (Å²) in [5.74, 6) is 0.237. The van der Waals surface area contributed by atoms with E-state index < -0.39 is 11.2 Å². The Labute approximate surface area is 179 Å². The van der Waals surface area contributed by atoms with Crippen LogP contribution in [-0.4, -0.2) is 30.8 Å². The zero-order valence-electron chi connectivity index (χ0n) is 16.2. The lowest BCUT2D eigenvalue weighted by Crippen LogP contribution is -2.37. The van der Waals surface area contributed by atoms with Crippen LogP contribution in [0.2, 0.25) is 0 Å². The normalized spacial score (nSPS) is 11.0. The van der Waals surface area contributed by atoms with Crippen molar-refractivity contribution in [2.45, 2.75) is 5.03 Å². The number of amides is 1. The lowest BCUT2D eigenvalue weighted by Gasteiger charge is -2.11. The number of nitrogens with zero attached hydrogens (tertiary/aromatic N) is 4. The second kappa shape index (κ2) is 8.25. The Morgan fingerprint density at radius 3 is 2.53 bits per heavy atom. The highest BCUT2D eigenvalue weighted by atomic mass is 32.2. The van der Waals surface area contributed by atoms with Crippen LogP contribution in [0.5, 0.6) is 0 Å². The molecule has 4 aromatic rings. The lowest BCUT2D eigenvalue weighted by atomic mass is 10.3. The van der Waals surface area contributed by atoms with Gasteiger partial charge in [-0.25, -0.2) is 14.8 Å². The average molecular weight is 440 g/mol. The maximum absolute atomic E-state index is 12.8. The van der Waals surface area contributed by atoms with Crippen molar-refractivity contribution in [3.05, 3.63) is 68.7 Å². The molecule has 1 N–H and O–H groups in total. The molecule has 3 aromatic heterocycles. The number of thiophene rings is 1. The SMILES string of the molecule is Cn1c(=O)c2c(SCC(=O)Nc3ccccc3)nc(-c3cccs3)nc2n(C)c1=O. The minimum Gasteiger partial charge on any atom is -0.325 e. The first-order chi connectivity index (χ1) is 14.5. The Hall–Kier alpha value is -3.24. The van der Waals surface area contributed by atoms with Crippen molar-refractivity contribution in [2.75, 3.05) is 11.1 Å². The lowest BCUT2D eigenvalue weighted by molar-refractivity contribution is -0.113. The summed E-state index contributed by atoms with van der Waals surface area (Å²) in [5, 5.41) is 5.29. The highest BCUT2D eigenvalue weighted by Crippen LogP contribution is 2.28. The largest absolute Gasteiger partial charge is 0.332 e. The maximum atomic E-state index is 12.8. The van der Waals surface area contributed by atoms with E-state index in [1.807, 2.05) is 35.7 Å². The van der Waals surface area contributed by atoms with Crippen LogP contribution >= 0.6 is 23.1 Å². The fourth-order valence-electron chi connectivity index (χ4n) is 2.90. The first-order valence-corrected chi connectivity index (χ1v) is 10.8. The highest BCUT2D eigenvalue weighted by molar-refractivity contribution is 8.00. The van der Waals surface area contributed by atoms with Crippen molar-refractivity contribution < 1.29 is 4.79 Å². The van der Waals surface area contributed by atoms with Crippen molar-refractivity contribution >= 4 is 45.7 Å². The van der Waals surface area contributed by atoms with E-state index >= 15 is 0 Å². The van der Waals surface area contributed by atoms with E-state index in [0.717, 1.165) is 21.2 Å². The maximum Gasteiger partial charge on any atom is 0.332 e. The number of hydrogen-bond donors (Lipinski definition) is 1. The molecule has 30 heavy (non-hydrogen) atoms. The number of hydrogen-bond acceptors (Lipinski definition) is 7. The summed E-state index contributed by atoms with van der Waals surface area (Å²) < 4.78 is 2.34. The van der Waals surface area contributed by atoms with Gasteiger partial charge in [-0.2, -0.15) is 0 Å². The number of benzene rings is 1. The Morgan fingerprint density at radius 2 is 1.83 bits per heavy atom. The molecule has 0 radical (unpaired) electrons. The molecule has 0 spiro atoms. The van der Waals surface area contributed by atoms with Gasteiger partial charge < -0.3 is 5.32 Å². The van der Waals surface area contributed by atoms with Gasteiger partial charge >= 0.3 is 5.69 Å². The standard InChI is InChI=1S/C20H17N5O3S2/c1-24-17-15(19(27)25(2)20(24)28)18(23-16(22-17)13-9-6-10-29-13)30-11-14(26)21-12-7-4-3-5-8-12/h3-10H,11H2,1-2H3,(H,21,26). The number of carbonyl (C=O) groups is 1. The van der Waals surface area contributed by atoms with Crippen LogP contribution < -0.4 is 16.6 Å². The number of para-hydroxylation sites is 1.